The minimum Gasteiger partial charge on any atom is -0.383 e. The van der Waals surface area contributed by atoms with E-state index < -0.39 is 0 Å². The second kappa shape index (κ2) is 9.71. The number of carbonyl (C=O) groups is 1. The van der Waals surface area contributed by atoms with E-state index in [9.17, 15) is 4.79 Å². The Morgan fingerprint density at radius 3 is 2.62 bits per heavy atom. The molecule has 2 aromatic heterocycles. The molecule has 0 spiro atoms. The van der Waals surface area contributed by atoms with E-state index in [1.165, 1.54) is 11.8 Å². The fourth-order valence-electron chi connectivity index (χ4n) is 3.08. The van der Waals surface area contributed by atoms with Gasteiger partial charge in [-0.05, 0) is 32.2 Å². The number of hydrogen-bond acceptors (Lipinski definition) is 7. The molecule has 3 aromatic rings. The number of aromatic nitrogens is 4. The van der Waals surface area contributed by atoms with Crippen LogP contribution in [0.3, 0.4) is 0 Å². The molecule has 1 amide bonds. The SMILES string of the molecule is COCCNc1nc(SC)nc2c1cnn2CCNC(=O)c1cc(C)cc(C)c1. The van der Waals surface area contributed by atoms with E-state index in [-0.39, 0.29) is 5.91 Å². The number of anilines is 1. The zero-order valence-electron chi connectivity index (χ0n) is 17.2. The number of nitrogens with one attached hydrogen (secondary N) is 2. The molecule has 1 aromatic carbocycles. The number of benzene rings is 1. The Kier molecular flexibility index (Phi) is 7.05. The van der Waals surface area contributed by atoms with Crippen molar-refractivity contribution in [2.45, 2.75) is 25.5 Å². The number of methoxy groups -OCH3 is 1. The van der Waals surface area contributed by atoms with Crippen molar-refractivity contribution in [2.75, 3.05) is 38.4 Å². The number of nitrogens with zero attached hydrogens (tertiary/aromatic N) is 4. The van der Waals surface area contributed by atoms with E-state index in [1.807, 2.05) is 38.3 Å². The maximum absolute atomic E-state index is 12.5. The lowest BCUT2D eigenvalue weighted by Crippen LogP contribution is -2.27. The Morgan fingerprint density at radius 1 is 1.17 bits per heavy atom. The fraction of sp³-hybridized carbons (Fsp3) is 0.400. The molecule has 8 nitrogen and oxygen atoms in total. The summed E-state index contributed by atoms with van der Waals surface area (Å²) < 4.78 is 6.88. The highest BCUT2D eigenvalue weighted by molar-refractivity contribution is 7.98. The van der Waals surface area contributed by atoms with Crippen molar-refractivity contribution in [3.63, 3.8) is 0 Å². The van der Waals surface area contributed by atoms with Gasteiger partial charge in [-0.1, -0.05) is 29.0 Å². The summed E-state index contributed by atoms with van der Waals surface area (Å²) >= 11 is 1.47. The first-order chi connectivity index (χ1) is 14.0. The van der Waals surface area contributed by atoms with Gasteiger partial charge in [0, 0.05) is 25.8 Å². The molecule has 3 rings (SSSR count). The fourth-order valence-corrected chi connectivity index (χ4v) is 3.44. The van der Waals surface area contributed by atoms with Gasteiger partial charge in [-0.3, -0.25) is 4.79 Å². The standard InChI is InChI=1S/C20H26N6O2S/c1-13-9-14(2)11-15(10-13)19(27)22-5-7-26-18-16(12-23-26)17(21-6-8-28-3)24-20(25-18)29-4/h9-12H,5-8H2,1-4H3,(H,22,27)(H,21,24,25). The van der Waals surface area contributed by atoms with Crippen LogP contribution in [-0.2, 0) is 11.3 Å². The summed E-state index contributed by atoms with van der Waals surface area (Å²) in [4.78, 5) is 21.6. The second-order valence-corrected chi connectivity index (χ2v) is 7.49. The van der Waals surface area contributed by atoms with E-state index >= 15 is 0 Å². The highest BCUT2D eigenvalue weighted by Gasteiger charge is 2.13. The minimum atomic E-state index is -0.0883. The molecule has 0 unspecified atom stereocenters. The summed E-state index contributed by atoms with van der Waals surface area (Å²) in [5.74, 6) is 0.650. The molecule has 0 saturated heterocycles. The normalized spacial score (nSPS) is 11.0. The predicted octanol–water partition coefficient (Wildman–Crippen LogP) is 2.65. The van der Waals surface area contributed by atoms with Crippen LogP contribution in [-0.4, -0.2) is 58.7 Å². The molecule has 0 saturated carbocycles. The molecular weight excluding hydrogens is 388 g/mol. The van der Waals surface area contributed by atoms with Gasteiger partial charge in [-0.25, -0.2) is 14.6 Å². The summed E-state index contributed by atoms with van der Waals surface area (Å²) in [6.45, 7) is 6.17. The van der Waals surface area contributed by atoms with Crippen LogP contribution >= 0.6 is 11.8 Å². The Morgan fingerprint density at radius 2 is 1.93 bits per heavy atom. The van der Waals surface area contributed by atoms with Crippen LogP contribution in [0.5, 0.6) is 0 Å². The van der Waals surface area contributed by atoms with Gasteiger partial charge < -0.3 is 15.4 Å². The molecule has 0 bridgehead atoms. The van der Waals surface area contributed by atoms with E-state index in [4.69, 9.17) is 4.74 Å². The molecule has 29 heavy (non-hydrogen) atoms. The number of ether oxygens (including phenoxy) is 1. The minimum absolute atomic E-state index is 0.0883. The smallest absolute Gasteiger partial charge is 0.251 e. The van der Waals surface area contributed by atoms with Crippen LogP contribution in [0.1, 0.15) is 21.5 Å². The third kappa shape index (κ3) is 5.24. The number of amides is 1. The van der Waals surface area contributed by atoms with Crippen LogP contribution in [0, 0.1) is 13.8 Å². The largest absolute Gasteiger partial charge is 0.383 e. The molecule has 9 heteroatoms. The summed E-state index contributed by atoms with van der Waals surface area (Å²) in [7, 11) is 1.66. The summed E-state index contributed by atoms with van der Waals surface area (Å²) in [6.07, 6.45) is 3.69. The molecule has 0 radical (unpaired) electrons. The summed E-state index contributed by atoms with van der Waals surface area (Å²) in [6, 6.07) is 5.83. The number of thioether (sulfide) groups is 1. The molecule has 0 aliphatic heterocycles. The van der Waals surface area contributed by atoms with Crippen molar-refractivity contribution in [2.24, 2.45) is 0 Å². The first-order valence-corrected chi connectivity index (χ1v) is 10.6. The maximum atomic E-state index is 12.5. The number of carbonyl (C=O) groups excluding carboxylic acids is 1. The predicted molar refractivity (Wildman–Crippen MR) is 116 cm³/mol. The van der Waals surface area contributed by atoms with Gasteiger partial charge >= 0.3 is 0 Å². The average Bonchev–Trinajstić information content (AvgIpc) is 3.10. The molecule has 0 aliphatic carbocycles. The number of fused-ring (bicyclic) bond motifs is 1. The van der Waals surface area contributed by atoms with E-state index in [0.29, 0.717) is 37.0 Å². The van der Waals surface area contributed by atoms with Crippen molar-refractivity contribution in [3.05, 3.63) is 41.1 Å². The third-order valence-electron chi connectivity index (χ3n) is 4.35. The molecule has 154 valence electrons. The second-order valence-electron chi connectivity index (χ2n) is 6.72. The Bertz CT molecular complexity index is 984. The van der Waals surface area contributed by atoms with Crippen molar-refractivity contribution in [1.29, 1.82) is 0 Å². The van der Waals surface area contributed by atoms with Gasteiger partial charge in [0.15, 0.2) is 10.8 Å². The quantitative estimate of drug-likeness (QED) is 0.316. The highest BCUT2D eigenvalue weighted by Crippen LogP contribution is 2.23. The maximum Gasteiger partial charge on any atom is 0.251 e. The van der Waals surface area contributed by atoms with Crippen LogP contribution < -0.4 is 10.6 Å². The van der Waals surface area contributed by atoms with Gasteiger partial charge in [0.1, 0.15) is 5.82 Å². The zero-order valence-corrected chi connectivity index (χ0v) is 18.0. The number of hydrogen-bond donors (Lipinski definition) is 2. The molecular formula is C20H26N6O2S. The Hall–Kier alpha value is -2.65. The molecule has 2 heterocycles. The van der Waals surface area contributed by atoms with Crippen LogP contribution in [0.4, 0.5) is 5.82 Å². The first kappa shape index (κ1) is 21.1. The van der Waals surface area contributed by atoms with Crippen molar-refractivity contribution < 1.29 is 9.53 Å². The summed E-state index contributed by atoms with van der Waals surface area (Å²) in [5.41, 5.74) is 3.56. The molecule has 2 N–H and O–H groups in total. The third-order valence-corrected chi connectivity index (χ3v) is 4.90. The van der Waals surface area contributed by atoms with E-state index in [1.54, 1.807) is 18.0 Å². The van der Waals surface area contributed by atoms with Crippen LogP contribution in [0.15, 0.2) is 29.6 Å². The zero-order chi connectivity index (χ0) is 20.8. The average molecular weight is 415 g/mol. The molecule has 0 aliphatic rings. The van der Waals surface area contributed by atoms with E-state index in [2.05, 4.69) is 25.7 Å². The monoisotopic (exact) mass is 414 g/mol. The van der Waals surface area contributed by atoms with Crippen molar-refractivity contribution >= 4 is 34.5 Å². The number of rotatable bonds is 9. The number of aryl methyl sites for hydroxylation is 2. The van der Waals surface area contributed by atoms with Gasteiger partial charge in [-0.2, -0.15) is 5.10 Å². The van der Waals surface area contributed by atoms with Crippen LogP contribution in [0.2, 0.25) is 0 Å². The van der Waals surface area contributed by atoms with Gasteiger partial charge in [0.25, 0.3) is 5.91 Å². The molecule has 0 fully saturated rings. The Labute approximate surface area is 174 Å². The van der Waals surface area contributed by atoms with Crippen LogP contribution in [0.25, 0.3) is 11.0 Å². The first-order valence-electron chi connectivity index (χ1n) is 9.38. The van der Waals surface area contributed by atoms with Crippen molar-refractivity contribution in [3.8, 4) is 0 Å². The lowest BCUT2D eigenvalue weighted by molar-refractivity contribution is 0.0952. The van der Waals surface area contributed by atoms with Gasteiger partial charge in [0.05, 0.1) is 24.7 Å². The van der Waals surface area contributed by atoms with Gasteiger partial charge in [-0.15, -0.1) is 0 Å². The van der Waals surface area contributed by atoms with Crippen molar-refractivity contribution in [1.82, 2.24) is 25.1 Å². The lowest BCUT2D eigenvalue weighted by Gasteiger charge is -2.09. The summed E-state index contributed by atoms with van der Waals surface area (Å²) in [5, 5.41) is 12.2. The topological polar surface area (TPSA) is 94.0 Å². The Balaban J connectivity index is 1.71. The lowest BCUT2D eigenvalue weighted by atomic mass is 10.1. The highest BCUT2D eigenvalue weighted by atomic mass is 32.2. The molecule has 0 atom stereocenters. The van der Waals surface area contributed by atoms with E-state index in [0.717, 1.165) is 28.0 Å². The van der Waals surface area contributed by atoms with Gasteiger partial charge in [0.2, 0.25) is 0 Å².